The molecular weight excluding hydrogens is 891 g/mol. The van der Waals surface area contributed by atoms with E-state index in [0.717, 1.165) is 53.3 Å². The number of aromatic nitrogens is 1. The van der Waals surface area contributed by atoms with E-state index in [4.69, 9.17) is 10.5 Å². The zero-order valence-corrected chi connectivity index (χ0v) is 41.5. The van der Waals surface area contributed by atoms with Crippen molar-refractivity contribution in [2.75, 3.05) is 39.3 Å². The number of ether oxygens (including phenoxy) is 1. The molecule has 1 aromatic heterocycles. The van der Waals surface area contributed by atoms with Crippen molar-refractivity contribution in [1.29, 1.82) is 0 Å². The zero-order valence-electron chi connectivity index (χ0n) is 40.7. The number of allylic oxidation sites excluding steroid dienone is 1. The van der Waals surface area contributed by atoms with Gasteiger partial charge in [-0.2, -0.15) is 0 Å². The van der Waals surface area contributed by atoms with E-state index in [1.165, 1.54) is 5.56 Å². The molecular formula is C53H69N9O6S. The molecule has 7 N–H and O–H groups in total. The number of thiazole rings is 1. The standard InChI is InChI=1S/C53H69N9O6S/c1-35(39-20-22-40(23-21-39)48-36(2)55-34-69-48)56-51(66)43-16-12-25-62(43)52(67)49(53(3,4)5)57-46(64)18-7-6-8-19-47(65)61-28-26-60(27-29-61)33-38-14-11-13-37(31-38)24-30-68-45-32-42(58-59-50(45)54)41-15-9-10-17-44(41)63/h9-11,13-15,17,20-23,31-32,34-35,43,49,58-59,63H,6-8,12,16,18-19,24-30,33,54H2,1-5H3,(H,56,66)(H,57,64)/t35-,43-,49+/m0/s1. The van der Waals surface area contributed by atoms with Crippen LogP contribution in [0, 0.1) is 12.3 Å². The number of nitrogens with one attached hydrogen (secondary N) is 4. The molecule has 3 aliphatic rings. The van der Waals surface area contributed by atoms with E-state index >= 15 is 0 Å². The molecule has 4 amide bonds. The number of likely N-dealkylation sites (tertiary alicyclic amines) is 1. The highest BCUT2D eigenvalue weighted by Crippen LogP contribution is 2.30. The summed E-state index contributed by atoms with van der Waals surface area (Å²) in [4.78, 5) is 65.7. The normalized spacial score (nSPS) is 17.3. The average molecular weight is 960 g/mol. The molecule has 2 saturated heterocycles. The number of nitrogens with two attached hydrogens (primary N) is 1. The van der Waals surface area contributed by atoms with Gasteiger partial charge in [-0.1, -0.05) is 87.9 Å². The fourth-order valence-corrected chi connectivity index (χ4v) is 9.94. The van der Waals surface area contributed by atoms with Crippen LogP contribution in [0.3, 0.4) is 0 Å². The van der Waals surface area contributed by atoms with Gasteiger partial charge in [0, 0.05) is 70.2 Å². The summed E-state index contributed by atoms with van der Waals surface area (Å²) >= 11 is 1.60. The van der Waals surface area contributed by atoms with Crippen LogP contribution in [-0.4, -0.2) is 99.8 Å². The fourth-order valence-electron chi connectivity index (χ4n) is 9.13. The third-order valence-corrected chi connectivity index (χ3v) is 14.1. The van der Waals surface area contributed by atoms with Gasteiger partial charge in [0.2, 0.25) is 23.6 Å². The second-order valence-electron chi connectivity index (χ2n) is 19.4. The summed E-state index contributed by atoms with van der Waals surface area (Å²) in [6.45, 7) is 14.3. The van der Waals surface area contributed by atoms with E-state index in [9.17, 15) is 24.3 Å². The number of para-hydroxylation sites is 1. The first kappa shape index (κ1) is 50.5. The summed E-state index contributed by atoms with van der Waals surface area (Å²) < 4.78 is 6.06. The van der Waals surface area contributed by atoms with Gasteiger partial charge in [-0.25, -0.2) is 4.98 Å². The van der Waals surface area contributed by atoms with E-state index in [1.54, 1.807) is 34.4 Å². The maximum absolute atomic E-state index is 14.1. The Kier molecular flexibility index (Phi) is 17.0. The molecule has 0 aliphatic carbocycles. The van der Waals surface area contributed by atoms with Crippen molar-refractivity contribution in [1.82, 2.24) is 41.2 Å². The summed E-state index contributed by atoms with van der Waals surface area (Å²) in [7, 11) is 0. The summed E-state index contributed by atoms with van der Waals surface area (Å²) in [5.74, 6) is 0.531. The molecule has 0 saturated carbocycles. The van der Waals surface area contributed by atoms with Gasteiger partial charge in [-0.3, -0.25) is 34.9 Å². The lowest BCUT2D eigenvalue weighted by Gasteiger charge is -2.35. The van der Waals surface area contributed by atoms with Gasteiger partial charge < -0.3 is 36.0 Å². The Morgan fingerprint density at radius 3 is 2.38 bits per heavy atom. The molecule has 4 heterocycles. The number of phenolic OH excluding ortho intramolecular Hbond substituents is 1. The molecule has 368 valence electrons. The van der Waals surface area contributed by atoms with E-state index in [1.807, 2.05) is 81.4 Å². The lowest BCUT2D eigenvalue weighted by molar-refractivity contribution is -0.144. The van der Waals surface area contributed by atoms with Gasteiger partial charge in [0.05, 0.1) is 34.4 Å². The number of hydrazine groups is 1. The molecule has 0 spiro atoms. The Bertz CT molecular complexity index is 2490. The van der Waals surface area contributed by atoms with Crippen LogP contribution in [0.4, 0.5) is 0 Å². The number of aryl methyl sites for hydroxylation is 1. The Morgan fingerprint density at radius 2 is 1.65 bits per heavy atom. The molecule has 2 fully saturated rings. The molecule has 3 aliphatic heterocycles. The highest BCUT2D eigenvalue weighted by atomic mass is 32.1. The quantitative estimate of drug-likeness (QED) is 0.0551. The Labute approximate surface area is 410 Å². The van der Waals surface area contributed by atoms with Gasteiger partial charge in [-0.15, -0.1) is 11.3 Å². The lowest BCUT2D eigenvalue weighted by Crippen LogP contribution is -2.57. The number of amides is 4. The van der Waals surface area contributed by atoms with E-state index in [2.05, 4.69) is 55.6 Å². The maximum atomic E-state index is 14.1. The number of hydrogen-bond acceptors (Lipinski definition) is 12. The van der Waals surface area contributed by atoms with Crippen molar-refractivity contribution < 1.29 is 29.0 Å². The van der Waals surface area contributed by atoms with Crippen LogP contribution in [0.5, 0.6) is 5.75 Å². The van der Waals surface area contributed by atoms with Crippen LogP contribution < -0.4 is 27.2 Å². The van der Waals surface area contributed by atoms with Crippen molar-refractivity contribution in [3.63, 3.8) is 0 Å². The van der Waals surface area contributed by atoms with Crippen molar-refractivity contribution in [3.8, 4) is 16.2 Å². The number of phenols is 1. The number of benzene rings is 3. The third kappa shape index (κ3) is 13.4. The van der Waals surface area contributed by atoms with Crippen LogP contribution in [0.15, 0.2) is 96.0 Å². The van der Waals surface area contributed by atoms with Gasteiger partial charge in [0.15, 0.2) is 11.6 Å². The maximum Gasteiger partial charge on any atom is 0.246 e. The number of piperazine rings is 1. The number of carbonyl (C=O) groups is 4. The largest absolute Gasteiger partial charge is 0.507 e. The molecule has 0 unspecified atom stereocenters. The second-order valence-corrected chi connectivity index (χ2v) is 20.3. The topological polar surface area (TPSA) is 194 Å². The first-order chi connectivity index (χ1) is 33.1. The smallest absolute Gasteiger partial charge is 0.246 e. The van der Waals surface area contributed by atoms with Crippen LogP contribution in [0.25, 0.3) is 16.1 Å². The number of carbonyl (C=O) groups excluding carboxylic acids is 4. The van der Waals surface area contributed by atoms with Gasteiger partial charge in [-0.05, 0) is 79.3 Å². The monoisotopic (exact) mass is 960 g/mol. The molecule has 16 heteroatoms. The highest BCUT2D eigenvalue weighted by molar-refractivity contribution is 7.13. The molecule has 3 atom stereocenters. The minimum absolute atomic E-state index is 0.139. The lowest BCUT2D eigenvalue weighted by atomic mass is 9.85. The van der Waals surface area contributed by atoms with Gasteiger partial charge >= 0.3 is 0 Å². The predicted octanol–water partition coefficient (Wildman–Crippen LogP) is 6.65. The number of nitrogens with zero attached hydrogens (tertiary/aromatic N) is 4. The molecule has 0 bridgehead atoms. The first-order valence-corrected chi connectivity index (χ1v) is 25.2. The molecule has 4 aromatic rings. The van der Waals surface area contributed by atoms with Crippen LogP contribution in [0.1, 0.15) is 107 Å². The summed E-state index contributed by atoms with van der Waals surface area (Å²) in [5, 5.41) is 16.4. The molecule has 3 aromatic carbocycles. The molecule has 7 rings (SSSR count). The third-order valence-electron chi connectivity index (χ3n) is 13.2. The fraction of sp³-hybridized carbons (Fsp3) is 0.453. The Hall–Kier alpha value is -6.39. The molecule has 0 radical (unpaired) electrons. The number of unbranched alkanes of at least 4 members (excludes halogenated alkanes) is 2. The minimum Gasteiger partial charge on any atom is -0.507 e. The predicted molar refractivity (Wildman–Crippen MR) is 270 cm³/mol. The highest BCUT2D eigenvalue weighted by Gasteiger charge is 2.42. The molecule has 15 nitrogen and oxygen atoms in total. The van der Waals surface area contributed by atoms with E-state index in [0.29, 0.717) is 87.6 Å². The summed E-state index contributed by atoms with van der Waals surface area (Å²) in [5.41, 5.74) is 20.0. The SMILES string of the molecule is Cc1ncsc1-c1ccc([C@H](C)NC(=O)[C@@H]2CCCN2C(=O)[C@@H](NC(=O)CCCCCC(=O)N2CCN(Cc3cccc(CCOC4=C(N)NNC(c5ccccc5O)=C4)c3)CC2)C(C)(C)C)cc1. The first-order valence-electron chi connectivity index (χ1n) is 24.3. The minimum atomic E-state index is -0.784. The van der Waals surface area contributed by atoms with Gasteiger partial charge in [0.25, 0.3) is 0 Å². The van der Waals surface area contributed by atoms with Gasteiger partial charge in [0.1, 0.15) is 17.8 Å². The van der Waals surface area contributed by atoms with Crippen molar-refractivity contribution in [2.24, 2.45) is 11.1 Å². The molecule has 69 heavy (non-hydrogen) atoms. The second kappa shape index (κ2) is 23.3. The average Bonchev–Trinajstić information content (AvgIpc) is 4.01. The van der Waals surface area contributed by atoms with Crippen LogP contribution >= 0.6 is 11.3 Å². The summed E-state index contributed by atoms with van der Waals surface area (Å²) in [6.07, 6.45) is 6.46. The van der Waals surface area contributed by atoms with E-state index in [-0.39, 0.29) is 41.8 Å². The Balaban J connectivity index is 0.788. The van der Waals surface area contributed by atoms with Crippen molar-refractivity contribution in [3.05, 3.63) is 124 Å². The van der Waals surface area contributed by atoms with Crippen LogP contribution in [0.2, 0.25) is 0 Å². The number of rotatable bonds is 19. The zero-order chi connectivity index (χ0) is 49.1. The van der Waals surface area contributed by atoms with Crippen LogP contribution in [-0.2, 0) is 36.9 Å². The Morgan fingerprint density at radius 1 is 0.913 bits per heavy atom. The summed E-state index contributed by atoms with van der Waals surface area (Å²) in [6, 6.07) is 22.0. The van der Waals surface area contributed by atoms with Crippen molar-refractivity contribution in [2.45, 2.75) is 111 Å². The number of aromatic hydroxyl groups is 1. The number of hydrogen-bond donors (Lipinski definition) is 6. The van der Waals surface area contributed by atoms with E-state index < -0.39 is 17.5 Å². The van der Waals surface area contributed by atoms with Crippen molar-refractivity contribution >= 4 is 40.7 Å².